The molecule has 3 N–H and O–H groups in total. The molecule has 0 amide bonds. The topological polar surface area (TPSA) is 89.7 Å². The number of para-hydroxylation sites is 1. The summed E-state index contributed by atoms with van der Waals surface area (Å²) in [4.78, 5) is 9.21. The van der Waals surface area contributed by atoms with Crippen molar-refractivity contribution in [2.45, 2.75) is 12.8 Å². The molecule has 6 heteroatoms. The van der Waals surface area contributed by atoms with Gasteiger partial charge in [0, 0.05) is 11.5 Å². The first-order valence-electron chi connectivity index (χ1n) is 9.19. The molecule has 2 aromatic carbocycles. The van der Waals surface area contributed by atoms with Crippen LogP contribution < -0.4 is 10.5 Å². The molecule has 0 radical (unpaired) electrons. The molecule has 3 heterocycles. The molecule has 1 aliphatic heterocycles. The number of aromatic nitrogens is 4. The van der Waals surface area contributed by atoms with Gasteiger partial charge in [-0.1, -0.05) is 55.5 Å². The van der Waals surface area contributed by atoms with Crippen LogP contribution in [0.5, 0.6) is 5.75 Å². The smallest absolute Gasteiger partial charge is 0.161 e. The Balaban J connectivity index is 1.71. The van der Waals surface area contributed by atoms with Gasteiger partial charge in [0.05, 0.1) is 11.6 Å². The third-order valence-electron chi connectivity index (χ3n) is 5.19. The third kappa shape index (κ3) is 2.62. The van der Waals surface area contributed by atoms with E-state index in [1.165, 1.54) is 5.57 Å². The van der Waals surface area contributed by atoms with Gasteiger partial charge in [-0.25, -0.2) is 9.97 Å². The molecule has 138 valence electrons. The van der Waals surface area contributed by atoms with Crippen LogP contribution in [0, 0.1) is 0 Å². The van der Waals surface area contributed by atoms with Crippen molar-refractivity contribution >= 4 is 22.4 Å². The van der Waals surface area contributed by atoms with E-state index in [0.29, 0.717) is 23.9 Å². The normalized spacial score (nSPS) is 14.6. The van der Waals surface area contributed by atoms with Gasteiger partial charge in [-0.3, -0.25) is 5.10 Å². The zero-order valence-corrected chi connectivity index (χ0v) is 15.4. The Morgan fingerprint density at radius 3 is 2.68 bits per heavy atom. The molecule has 4 aromatic rings. The van der Waals surface area contributed by atoms with Crippen molar-refractivity contribution in [3.05, 3.63) is 83.3 Å². The number of anilines is 1. The number of H-pyrrole nitrogens is 1. The summed E-state index contributed by atoms with van der Waals surface area (Å²) in [6.45, 7) is 2.57. The number of ether oxygens (including phenoxy) is 1. The quantitative estimate of drug-likeness (QED) is 0.571. The number of aromatic amines is 1. The summed E-state index contributed by atoms with van der Waals surface area (Å²) in [5, 5.41) is 7.65. The molecule has 0 saturated heterocycles. The molecule has 0 aliphatic carbocycles. The van der Waals surface area contributed by atoms with Crippen molar-refractivity contribution in [1.82, 2.24) is 20.2 Å². The van der Waals surface area contributed by atoms with Gasteiger partial charge < -0.3 is 10.5 Å². The van der Waals surface area contributed by atoms with E-state index >= 15 is 0 Å². The molecular formula is C22H19N5O. The maximum atomic E-state index is 6.13. The van der Waals surface area contributed by atoms with E-state index in [2.05, 4.69) is 45.3 Å². The molecule has 28 heavy (non-hydrogen) atoms. The fraction of sp³-hybridized carbons (Fsp3) is 0.136. The van der Waals surface area contributed by atoms with Crippen LogP contribution in [0.25, 0.3) is 16.6 Å². The standard InChI is InChI=1S/C22H19N5O/c1-13(21-25-20(23)16-11-24-27-22(16)26-21)17-12-28-18-10-6-5-9-15(18)19(17)14-7-3-2-4-8-14/h2-11,13H,12H2,1H3,(H3,23,24,25,26,27). The summed E-state index contributed by atoms with van der Waals surface area (Å²) in [7, 11) is 0. The highest BCUT2D eigenvalue weighted by Crippen LogP contribution is 2.41. The number of hydrogen-bond acceptors (Lipinski definition) is 5. The fourth-order valence-corrected chi connectivity index (χ4v) is 3.71. The summed E-state index contributed by atoms with van der Waals surface area (Å²) in [6.07, 6.45) is 1.65. The second-order valence-electron chi connectivity index (χ2n) is 6.87. The molecule has 5 rings (SSSR count). The Bertz CT molecular complexity index is 1200. The minimum absolute atomic E-state index is 0.0708. The number of nitrogen functional groups attached to an aromatic ring is 1. The lowest BCUT2D eigenvalue weighted by atomic mass is 9.85. The van der Waals surface area contributed by atoms with Crippen molar-refractivity contribution in [3.63, 3.8) is 0 Å². The Hall–Kier alpha value is -3.67. The van der Waals surface area contributed by atoms with E-state index in [0.717, 1.165) is 27.8 Å². The second kappa shape index (κ2) is 6.49. The van der Waals surface area contributed by atoms with Crippen molar-refractivity contribution in [2.24, 2.45) is 0 Å². The highest BCUT2D eigenvalue weighted by Gasteiger charge is 2.27. The predicted octanol–water partition coefficient (Wildman–Crippen LogP) is 3.93. The van der Waals surface area contributed by atoms with Crippen molar-refractivity contribution in [1.29, 1.82) is 0 Å². The van der Waals surface area contributed by atoms with Gasteiger partial charge in [0.2, 0.25) is 0 Å². The number of nitrogens with two attached hydrogens (primary N) is 1. The van der Waals surface area contributed by atoms with E-state index in [1.54, 1.807) is 6.20 Å². The van der Waals surface area contributed by atoms with Gasteiger partial charge in [0.1, 0.15) is 24.0 Å². The average molecular weight is 369 g/mol. The van der Waals surface area contributed by atoms with Gasteiger partial charge in [0.25, 0.3) is 0 Å². The Morgan fingerprint density at radius 2 is 1.82 bits per heavy atom. The zero-order chi connectivity index (χ0) is 19.1. The summed E-state index contributed by atoms with van der Waals surface area (Å²) < 4.78 is 6.07. The third-order valence-corrected chi connectivity index (χ3v) is 5.19. The highest BCUT2D eigenvalue weighted by atomic mass is 16.5. The number of fused-ring (bicyclic) bond motifs is 2. The van der Waals surface area contributed by atoms with E-state index in [1.807, 2.05) is 36.4 Å². The molecule has 1 unspecified atom stereocenters. The van der Waals surface area contributed by atoms with Crippen LogP contribution in [0.4, 0.5) is 5.82 Å². The largest absolute Gasteiger partial charge is 0.489 e. The number of hydrogen-bond donors (Lipinski definition) is 2. The molecule has 0 fully saturated rings. The summed E-state index contributed by atoms with van der Waals surface area (Å²) in [5.74, 6) is 1.90. The zero-order valence-electron chi connectivity index (χ0n) is 15.4. The van der Waals surface area contributed by atoms with E-state index in [-0.39, 0.29) is 5.92 Å². The molecule has 6 nitrogen and oxygen atoms in total. The summed E-state index contributed by atoms with van der Waals surface area (Å²) in [6, 6.07) is 18.5. The van der Waals surface area contributed by atoms with Crippen molar-refractivity contribution in [2.75, 3.05) is 12.3 Å². The minimum Gasteiger partial charge on any atom is -0.489 e. The van der Waals surface area contributed by atoms with Crippen LogP contribution in [0.15, 0.2) is 66.4 Å². The molecule has 0 spiro atoms. The first kappa shape index (κ1) is 16.5. The van der Waals surface area contributed by atoms with Gasteiger partial charge in [-0.15, -0.1) is 0 Å². The maximum Gasteiger partial charge on any atom is 0.161 e. The molecule has 1 aliphatic rings. The molecule has 0 bridgehead atoms. The van der Waals surface area contributed by atoms with E-state index < -0.39 is 0 Å². The second-order valence-corrected chi connectivity index (χ2v) is 6.87. The first-order valence-corrected chi connectivity index (χ1v) is 9.19. The fourth-order valence-electron chi connectivity index (χ4n) is 3.71. The van der Waals surface area contributed by atoms with E-state index in [9.17, 15) is 0 Å². The Morgan fingerprint density at radius 1 is 1.04 bits per heavy atom. The number of benzene rings is 2. The van der Waals surface area contributed by atoms with E-state index in [4.69, 9.17) is 10.5 Å². The lowest BCUT2D eigenvalue weighted by Gasteiger charge is -2.27. The highest BCUT2D eigenvalue weighted by molar-refractivity contribution is 5.87. The Kier molecular flexibility index (Phi) is 3.83. The average Bonchev–Trinajstić information content (AvgIpc) is 3.22. The molecule has 0 saturated carbocycles. The van der Waals surface area contributed by atoms with Crippen LogP contribution >= 0.6 is 0 Å². The summed E-state index contributed by atoms with van der Waals surface area (Å²) >= 11 is 0. The van der Waals surface area contributed by atoms with Crippen LogP contribution in [-0.4, -0.2) is 26.8 Å². The van der Waals surface area contributed by atoms with Gasteiger partial charge in [-0.05, 0) is 22.8 Å². The SMILES string of the molecule is CC(C1=C(c2ccccc2)c2ccccc2OC1)c1nc(N)c2cn[nH]c2n1. The number of nitrogens with one attached hydrogen (secondary N) is 1. The Labute approximate surface area is 162 Å². The lowest BCUT2D eigenvalue weighted by Crippen LogP contribution is -2.18. The number of nitrogens with zero attached hydrogens (tertiary/aromatic N) is 3. The van der Waals surface area contributed by atoms with Crippen LogP contribution in [-0.2, 0) is 0 Å². The van der Waals surface area contributed by atoms with Crippen LogP contribution in [0.3, 0.4) is 0 Å². The minimum atomic E-state index is -0.0708. The van der Waals surface area contributed by atoms with Crippen LogP contribution in [0.1, 0.15) is 29.8 Å². The predicted molar refractivity (Wildman–Crippen MR) is 109 cm³/mol. The summed E-state index contributed by atoms with van der Waals surface area (Å²) in [5.41, 5.74) is 11.3. The van der Waals surface area contributed by atoms with Crippen molar-refractivity contribution in [3.8, 4) is 5.75 Å². The maximum absolute atomic E-state index is 6.13. The monoisotopic (exact) mass is 369 g/mol. The lowest BCUT2D eigenvalue weighted by molar-refractivity contribution is 0.337. The van der Waals surface area contributed by atoms with Gasteiger partial charge >= 0.3 is 0 Å². The number of rotatable bonds is 3. The van der Waals surface area contributed by atoms with Crippen LogP contribution in [0.2, 0.25) is 0 Å². The van der Waals surface area contributed by atoms with Gasteiger partial charge in [0.15, 0.2) is 5.65 Å². The molecule has 2 aromatic heterocycles. The van der Waals surface area contributed by atoms with Gasteiger partial charge in [-0.2, -0.15) is 5.10 Å². The molecular weight excluding hydrogens is 350 g/mol. The van der Waals surface area contributed by atoms with Crippen molar-refractivity contribution < 1.29 is 4.74 Å². The first-order chi connectivity index (χ1) is 13.7. The molecule has 1 atom stereocenters.